The molecule has 0 aliphatic carbocycles. The minimum Gasteiger partial charge on any atom is -0.378 e. The van der Waals surface area contributed by atoms with Crippen LogP contribution in [0.15, 0.2) is 10.9 Å². The fraction of sp³-hybridized carbons (Fsp3) is 0.667. The van der Waals surface area contributed by atoms with Gasteiger partial charge in [0.1, 0.15) is 0 Å². The maximum Gasteiger partial charge on any atom is 0.266 e. The number of amides is 1. The Labute approximate surface area is 129 Å². The lowest BCUT2D eigenvalue weighted by Crippen LogP contribution is -2.51. The molecule has 3 rings (SSSR count). The van der Waals surface area contributed by atoms with Crippen molar-refractivity contribution < 1.29 is 9.53 Å². The molecule has 2 aliphatic rings. The van der Waals surface area contributed by atoms with Crippen molar-refractivity contribution >= 4 is 5.91 Å². The second kappa shape index (κ2) is 6.18. The number of aromatic nitrogens is 2. The zero-order chi connectivity index (χ0) is 15.7. The molecule has 2 aliphatic heterocycles. The highest BCUT2D eigenvalue weighted by Crippen LogP contribution is 2.18. The first-order valence-electron chi connectivity index (χ1n) is 7.73. The molecule has 1 aromatic rings. The van der Waals surface area contributed by atoms with Gasteiger partial charge in [0.05, 0.1) is 24.9 Å². The van der Waals surface area contributed by atoms with Gasteiger partial charge in [0, 0.05) is 45.7 Å². The minimum atomic E-state index is -0.185. The molecule has 0 radical (unpaired) electrons. The van der Waals surface area contributed by atoms with Crippen LogP contribution in [-0.4, -0.2) is 64.4 Å². The van der Waals surface area contributed by atoms with Gasteiger partial charge in [0.2, 0.25) is 5.91 Å². The van der Waals surface area contributed by atoms with E-state index < -0.39 is 0 Å². The average Bonchev–Trinajstić information content (AvgIpc) is 2.55. The molecule has 3 heterocycles. The fourth-order valence-electron chi connectivity index (χ4n) is 3.05. The third-order valence-electron chi connectivity index (χ3n) is 4.50. The Morgan fingerprint density at radius 3 is 2.77 bits per heavy atom. The molecular weight excluding hydrogens is 284 g/mol. The highest BCUT2D eigenvalue weighted by atomic mass is 16.5. The summed E-state index contributed by atoms with van der Waals surface area (Å²) in [5, 5.41) is 4.31. The summed E-state index contributed by atoms with van der Waals surface area (Å²) in [6, 6.07) is 1.45. The van der Waals surface area contributed by atoms with E-state index in [2.05, 4.69) is 10.00 Å². The van der Waals surface area contributed by atoms with Gasteiger partial charge < -0.3 is 9.64 Å². The van der Waals surface area contributed by atoms with Gasteiger partial charge in [-0.3, -0.25) is 14.5 Å². The molecule has 1 amide bonds. The Balaban J connectivity index is 1.72. The smallest absolute Gasteiger partial charge is 0.266 e. The predicted molar refractivity (Wildman–Crippen MR) is 80.5 cm³/mol. The fourth-order valence-corrected chi connectivity index (χ4v) is 3.05. The van der Waals surface area contributed by atoms with Crippen molar-refractivity contribution in [2.75, 3.05) is 32.8 Å². The van der Waals surface area contributed by atoms with Crippen molar-refractivity contribution in [3.8, 4) is 0 Å². The van der Waals surface area contributed by atoms with Crippen LogP contribution in [0.5, 0.6) is 0 Å². The molecule has 0 saturated carbocycles. The van der Waals surface area contributed by atoms with Crippen LogP contribution in [0.25, 0.3) is 0 Å². The lowest BCUT2D eigenvalue weighted by molar-refractivity contribution is -0.140. The minimum absolute atomic E-state index is 0.104. The number of carbonyl (C=O) groups excluding carboxylic acids is 1. The summed E-state index contributed by atoms with van der Waals surface area (Å²) >= 11 is 0. The lowest BCUT2D eigenvalue weighted by Gasteiger charge is -2.36. The molecule has 7 heteroatoms. The Morgan fingerprint density at radius 1 is 1.32 bits per heavy atom. The van der Waals surface area contributed by atoms with E-state index in [1.807, 2.05) is 11.8 Å². The van der Waals surface area contributed by atoms with Crippen LogP contribution < -0.4 is 5.56 Å². The lowest BCUT2D eigenvalue weighted by atomic mass is 10.0. The van der Waals surface area contributed by atoms with Gasteiger partial charge in [-0.25, -0.2) is 4.68 Å². The van der Waals surface area contributed by atoms with Crippen LogP contribution in [0.3, 0.4) is 0 Å². The first-order valence-corrected chi connectivity index (χ1v) is 7.73. The molecule has 7 nitrogen and oxygen atoms in total. The zero-order valence-electron chi connectivity index (χ0n) is 13.1. The van der Waals surface area contributed by atoms with Crippen LogP contribution in [0.1, 0.15) is 18.2 Å². The largest absolute Gasteiger partial charge is 0.378 e. The Kier molecular flexibility index (Phi) is 4.26. The molecule has 0 bridgehead atoms. The molecule has 1 aromatic heterocycles. The van der Waals surface area contributed by atoms with Crippen LogP contribution in [-0.2, 0) is 29.5 Å². The predicted octanol–water partition coefficient (Wildman–Crippen LogP) is -0.614. The molecule has 0 spiro atoms. The number of morpholine rings is 1. The van der Waals surface area contributed by atoms with Gasteiger partial charge in [-0.2, -0.15) is 5.10 Å². The number of nitrogens with zero attached hydrogens (tertiary/aromatic N) is 4. The third kappa shape index (κ3) is 2.91. The van der Waals surface area contributed by atoms with Gasteiger partial charge in [0.25, 0.3) is 5.56 Å². The van der Waals surface area contributed by atoms with E-state index in [-0.39, 0.29) is 17.5 Å². The van der Waals surface area contributed by atoms with Gasteiger partial charge in [-0.15, -0.1) is 0 Å². The number of ether oxygens (including phenoxy) is 1. The summed E-state index contributed by atoms with van der Waals surface area (Å²) in [5.74, 6) is 0.142. The van der Waals surface area contributed by atoms with Crippen molar-refractivity contribution in [2.24, 2.45) is 7.05 Å². The van der Waals surface area contributed by atoms with Crippen LogP contribution in [0, 0.1) is 0 Å². The van der Waals surface area contributed by atoms with E-state index in [9.17, 15) is 9.59 Å². The van der Waals surface area contributed by atoms with Crippen LogP contribution >= 0.6 is 0 Å². The van der Waals surface area contributed by atoms with E-state index in [1.165, 1.54) is 4.68 Å². The van der Waals surface area contributed by atoms with E-state index in [4.69, 9.17) is 4.74 Å². The Morgan fingerprint density at radius 2 is 2.05 bits per heavy atom. The zero-order valence-corrected chi connectivity index (χ0v) is 13.1. The van der Waals surface area contributed by atoms with Crippen molar-refractivity contribution in [1.82, 2.24) is 19.6 Å². The summed E-state index contributed by atoms with van der Waals surface area (Å²) in [4.78, 5) is 28.3. The monoisotopic (exact) mass is 306 g/mol. The number of carbonyl (C=O) groups is 1. The number of hydrogen-bond donors (Lipinski definition) is 0. The Bertz CT molecular complexity index is 622. The quantitative estimate of drug-likeness (QED) is 0.729. The number of fused-ring (bicyclic) bond motifs is 1. The average molecular weight is 306 g/mol. The van der Waals surface area contributed by atoms with Crippen molar-refractivity contribution in [1.29, 1.82) is 0 Å². The third-order valence-corrected chi connectivity index (χ3v) is 4.50. The van der Waals surface area contributed by atoms with Crippen molar-refractivity contribution in [2.45, 2.75) is 25.9 Å². The van der Waals surface area contributed by atoms with Crippen LogP contribution in [0.2, 0.25) is 0 Å². The molecule has 1 unspecified atom stereocenters. The summed E-state index contributed by atoms with van der Waals surface area (Å²) in [6.07, 6.45) is 0.768. The highest BCUT2D eigenvalue weighted by Gasteiger charge is 2.30. The molecule has 1 fully saturated rings. The molecule has 1 atom stereocenters. The van der Waals surface area contributed by atoms with Crippen molar-refractivity contribution in [3.05, 3.63) is 27.7 Å². The molecule has 22 heavy (non-hydrogen) atoms. The van der Waals surface area contributed by atoms with E-state index >= 15 is 0 Å². The number of rotatable bonds is 2. The number of hydrogen-bond acceptors (Lipinski definition) is 5. The van der Waals surface area contributed by atoms with E-state index in [0.29, 0.717) is 32.8 Å². The standard InChI is InChI=1S/C15H22N4O3/c1-11(15(21)18-5-7-22-8-6-18)19-4-3-13-12(10-19)9-14(20)17(2)16-13/h9,11H,3-8,10H2,1-2H3. The Hall–Kier alpha value is -1.73. The second-order valence-electron chi connectivity index (χ2n) is 5.91. The highest BCUT2D eigenvalue weighted by molar-refractivity contribution is 5.81. The second-order valence-corrected chi connectivity index (χ2v) is 5.91. The van der Waals surface area contributed by atoms with Crippen molar-refractivity contribution in [3.63, 3.8) is 0 Å². The van der Waals surface area contributed by atoms with Crippen LogP contribution in [0.4, 0.5) is 0 Å². The topological polar surface area (TPSA) is 67.7 Å². The molecule has 120 valence electrons. The number of aryl methyl sites for hydroxylation is 1. The molecule has 1 saturated heterocycles. The molecule has 0 N–H and O–H groups in total. The summed E-state index contributed by atoms with van der Waals surface area (Å²) < 4.78 is 6.66. The van der Waals surface area contributed by atoms with Gasteiger partial charge in [-0.05, 0) is 12.5 Å². The first kappa shape index (κ1) is 15.2. The maximum absolute atomic E-state index is 12.6. The molecule has 0 aromatic carbocycles. The van der Waals surface area contributed by atoms with Gasteiger partial charge in [-0.1, -0.05) is 0 Å². The van der Waals surface area contributed by atoms with Gasteiger partial charge >= 0.3 is 0 Å². The molecular formula is C15H22N4O3. The summed E-state index contributed by atoms with van der Waals surface area (Å²) in [7, 11) is 1.67. The SMILES string of the molecule is CC(C(=O)N1CCOCC1)N1CCc2nn(C)c(=O)cc2C1. The normalized spacial score (nSPS) is 20.5. The maximum atomic E-state index is 12.6. The summed E-state index contributed by atoms with van der Waals surface area (Å²) in [5.41, 5.74) is 1.80. The van der Waals surface area contributed by atoms with Gasteiger partial charge in [0.15, 0.2) is 0 Å². The van der Waals surface area contributed by atoms with E-state index in [1.54, 1.807) is 13.1 Å². The first-order chi connectivity index (χ1) is 10.6. The van der Waals surface area contributed by atoms with E-state index in [0.717, 1.165) is 24.2 Å². The summed E-state index contributed by atoms with van der Waals surface area (Å²) in [6.45, 7) is 5.89.